The van der Waals surface area contributed by atoms with Crippen molar-refractivity contribution in [3.63, 3.8) is 0 Å². The minimum Gasteiger partial charge on any atom is -0.493 e. The van der Waals surface area contributed by atoms with Crippen LogP contribution in [0, 0.1) is 0 Å². The van der Waals surface area contributed by atoms with Gasteiger partial charge in [-0.1, -0.05) is 13.0 Å². The molecule has 0 spiro atoms. The van der Waals surface area contributed by atoms with E-state index in [1.807, 2.05) is 6.92 Å². The molecule has 1 aliphatic rings. The molecule has 0 radical (unpaired) electrons. The van der Waals surface area contributed by atoms with Crippen LogP contribution in [0.1, 0.15) is 35.2 Å². The van der Waals surface area contributed by atoms with Gasteiger partial charge in [-0.25, -0.2) is 4.79 Å². The highest BCUT2D eigenvalue weighted by Gasteiger charge is 2.34. The highest BCUT2D eigenvalue weighted by Crippen LogP contribution is 2.34. The van der Waals surface area contributed by atoms with Crippen LogP contribution in [0.5, 0.6) is 11.5 Å². The zero-order chi connectivity index (χ0) is 21.0. The lowest BCUT2D eigenvalue weighted by atomic mass is 10.2. The Morgan fingerprint density at radius 3 is 2.69 bits per heavy atom. The summed E-state index contributed by atoms with van der Waals surface area (Å²) in [7, 11) is 1.48. The summed E-state index contributed by atoms with van der Waals surface area (Å²) in [5.41, 5.74) is 0.683. The molecule has 2 amide bonds. The Bertz CT molecular complexity index is 979. The van der Waals surface area contributed by atoms with Crippen molar-refractivity contribution in [2.75, 3.05) is 13.7 Å². The largest absolute Gasteiger partial charge is 0.493 e. The highest BCUT2D eigenvalue weighted by atomic mass is 32.2. The van der Waals surface area contributed by atoms with E-state index in [2.05, 4.69) is 0 Å². The molecule has 1 aliphatic heterocycles. The van der Waals surface area contributed by atoms with Crippen LogP contribution in [0.3, 0.4) is 0 Å². The van der Waals surface area contributed by atoms with Crippen molar-refractivity contribution in [2.24, 2.45) is 0 Å². The molecule has 1 saturated heterocycles. The average molecular weight is 417 g/mol. The van der Waals surface area contributed by atoms with E-state index < -0.39 is 5.97 Å². The zero-order valence-corrected chi connectivity index (χ0v) is 16.7. The van der Waals surface area contributed by atoms with Gasteiger partial charge in [0.15, 0.2) is 11.5 Å². The molecule has 0 aliphatic carbocycles. The third kappa shape index (κ3) is 4.62. The molecule has 1 N–H and O–H groups in total. The fourth-order valence-electron chi connectivity index (χ4n) is 2.68. The summed E-state index contributed by atoms with van der Waals surface area (Å²) in [6.45, 7) is 2.33. The molecule has 152 valence electrons. The van der Waals surface area contributed by atoms with E-state index in [1.54, 1.807) is 24.3 Å². The lowest BCUT2D eigenvalue weighted by molar-refractivity contribution is -0.122. The summed E-state index contributed by atoms with van der Waals surface area (Å²) in [5, 5.41) is 8.62. The Morgan fingerprint density at radius 1 is 1.24 bits per heavy atom. The number of carboxylic acids is 1. The number of hydrogen-bond donors (Lipinski definition) is 1. The maximum atomic E-state index is 12.3. The molecule has 1 aromatic carbocycles. The molecule has 2 heterocycles. The van der Waals surface area contributed by atoms with Gasteiger partial charge in [-0.3, -0.25) is 14.5 Å². The van der Waals surface area contributed by atoms with Gasteiger partial charge < -0.3 is 19.0 Å². The molecule has 1 fully saturated rings. The third-order valence-corrected chi connectivity index (χ3v) is 4.96. The van der Waals surface area contributed by atoms with Crippen molar-refractivity contribution in [3.8, 4) is 11.5 Å². The number of thioether (sulfide) groups is 1. The van der Waals surface area contributed by atoms with Gasteiger partial charge in [0, 0.05) is 6.54 Å². The molecule has 29 heavy (non-hydrogen) atoms. The highest BCUT2D eigenvalue weighted by molar-refractivity contribution is 8.18. The van der Waals surface area contributed by atoms with E-state index in [1.165, 1.54) is 24.1 Å². The number of carbonyl (C=O) groups excluding carboxylic acids is 2. The summed E-state index contributed by atoms with van der Waals surface area (Å²) in [6, 6.07) is 7.97. The number of rotatable bonds is 8. The van der Waals surface area contributed by atoms with Gasteiger partial charge in [-0.05, 0) is 54.1 Å². The second-order valence-electron chi connectivity index (χ2n) is 6.10. The van der Waals surface area contributed by atoms with Crippen LogP contribution in [-0.4, -0.2) is 40.8 Å². The van der Waals surface area contributed by atoms with E-state index in [-0.39, 0.29) is 23.5 Å². The Hall–Kier alpha value is -3.20. The van der Waals surface area contributed by atoms with Gasteiger partial charge in [0.1, 0.15) is 12.4 Å². The van der Waals surface area contributed by atoms with Crippen LogP contribution in [0.25, 0.3) is 6.08 Å². The van der Waals surface area contributed by atoms with Crippen LogP contribution < -0.4 is 9.47 Å². The molecule has 0 atom stereocenters. The maximum absolute atomic E-state index is 12.3. The number of hydrogen-bond acceptors (Lipinski definition) is 7. The van der Waals surface area contributed by atoms with Crippen LogP contribution in [-0.2, 0) is 11.4 Å². The Kier molecular flexibility index (Phi) is 6.28. The Labute approximate surface area is 171 Å². The molecule has 9 heteroatoms. The summed E-state index contributed by atoms with van der Waals surface area (Å²) in [4.78, 5) is 36.8. The number of carboxylic acid groups (broad SMARTS) is 1. The lowest BCUT2D eigenvalue weighted by Gasteiger charge is -2.11. The van der Waals surface area contributed by atoms with E-state index in [0.717, 1.165) is 11.8 Å². The fourth-order valence-corrected chi connectivity index (χ4v) is 3.55. The number of amides is 2. The van der Waals surface area contributed by atoms with Crippen molar-refractivity contribution in [1.29, 1.82) is 0 Å². The van der Waals surface area contributed by atoms with E-state index in [0.29, 0.717) is 40.7 Å². The van der Waals surface area contributed by atoms with E-state index in [9.17, 15) is 14.4 Å². The standard InChI is InChI=1S/C20H19NO7S/c1-3-8-21-18(22)17(29-20(21)25)10-12-4-6-14(16(9-12)26-2)27-11-13-5-7-15(28-13)19(23)24/h4-7,9-10H,3,8,11H2,1-2H3,(H,23,24)/b17-10-. The summed E-state index contributed by atoms with van der Waals surface area (Å²) >= 11 is 0.913. The second-order valence-corrected chi connectivity index (χ2v) is 7.10. The quantitative estimate of drug-likeness (QED) is 0.642. The van der Waals surface area contributed by atoms with Crippen molar-refractivity contribution < 1.29 is 33.4 Å². The topological polar surface area (TPSA) is 106 Å². The van der Waals surface area contributed by atoms with Crippen LogP contribution in [0.2, 0.25) is 0 Å². The number of methoxy groups -OCH3 is 1. The van der Waals surface area contributed by atoms with Gasteiger partial charge in [0.2, 0.25) is 5.76 Å². The lowest BCUT2D eigenvalue weighted by Crippen LogP contribution is -2.28. The molecule has 3 rings (SSSR count). The minimum absolute atomic E-state index is 0.0267. The first kappa shape index (κ1) is 20.5. The predicted molar refractivity (Wildman–Crippen MR) is 106 cm³/mol. The van der Waals surface area contributed by atoms with Crippen molar-refractivity contribution in [3.05, 3.63) is 52.3 Å². The molecule has 8 nitrogen and oxygen atoms in total. The first-order chi connectivity index (χ1) is 13.9. The Morgan fingerprint density at radius 2 is 2.03 bits per heavy atom. The molecule has 1 aromatic heterocycles. The summed E-state index contributed by atoms with van der Waals surface area (Å²) in [6.07, 6.45) is 2.34. The molecule has 0 saturated carbocycles. The number of carbonyl (C=O) groups is 3. The predicted octanol–water partition coefficient (Wildman–Crippen LogP) is 4.01. The van der Waals surface area contributed by atoms with Gasteiger partial charge in [0.25, 0.3) is 11.1 Å². The number of aromatic carboxylic acids is 1. The third-order valence-electron chi connectivity index (χ3n) is 4.05. The molecular weight excluding hydrogens is 398 g/mol. The van der Waals surface area contributed by atoms with Crippen molar-refractivity contribution in [2.45, 2.75) is 20.0 Å². The van der Waals surface area contributed by atoms with Gasteiger partial charge >= 0.3 is 5.97 Å². The normalized spacial score (nSPS) is 15.2. The number of imide groups is 1. The summed E-state index contributed by atoms with van der Waals surface area (Å²) < 4.78 is 16.1. The van der Waals surface area contributed by atoms with E-state index in [4.69, 9.17) is 19.0 Å². The second kappa shape index (κ2) is 8.87. The van der Waals surface area contributed by atoms with Crippen molar-refractivity contribution in [1.82, 2.24) is 4.90 Å². The van der Waals surface area contributed by atoms with Gasteiger partial charge in [-0.2, -0.15) is 0 Å². The fraction of sp³-hybridized carbons (Fsp3) is 0.250. The van der Waals surface area contributed by atoms with Crippen LogP contribution in [0.4, 0.5) is 4.79 Å². The number of furan rings is 1. The van der Waals surface area contributed by atoms with Crippen LogP contribution in [0.15, 0.2) is 39.7 Å². The number of nitrogens with zero attached hydrogens (tertiary/aromatic N) is 1. The molecule has 0 unspecified atom stereocenters. The number of benzene rings is 1. The maximum Gasteiger partial charge on any atom is 0.371 e. The summed E-state index contributed by atoms with van der Waals surface area (Å²) in [5.74, 6) is -0.399. The Balaban J connectivity index is 1.74. The SMILES string of the molecule is CCCN1C(=O)S/C(=C\c2ccc(OCc3ccc(C(=O)O)o3)c(OC)c2)C1=O. The monoisotopic (exact) mass is 417 g/mol. The van der Waals surface area contributed by atoms with Crippen molar-refractivity contribution >= 4 is 35.0 Å². The van der Waals surface area contributed by atoms with Gasteiger partial charge in [0.05, 0.1) is 12.0 Å². The molecule has 0 bridgehead atoms. The first-order valence-electron chi connectivity index (χ1n) is 8.81. The first-order valence-corrected chi connectivity index (χ1v) is 9.62. The van der Waals surface area contributed by atoms with E-state index >= 15 is 0 Å². The van der Waals surface area contributed by atoms with Crippen LogP contribution >= 0.6 is 11.8 Å². The smallest absolute Gasteiger partial charge is 0.371 e. The molecule has 2 aromatic rings. The number of ether oxygens (including phenoxy) is 2. The average Bonchev–Trinajstić information content (AvgIpc) is 3.28. The zero-order valence-electron chi connectivity index (χ0n) is 15.8. The van der Waals surface area contributed by atoms with Gasteiger partial charge in [-0.15, -0.1) is 0 Å². The minimum atomic E-state index is -1.15. The molecular formula is C20H19NO7S.